The first-order valence-corrected chi connectivity index (χ1v) is 8.15. The van der Waals surface area contributed by atoms with E-state index in [1.54, 1.807) is 6.20 Å². The van der Waals surface area contributed by atoms with Crippen molar-refractivity contribution in [3.63, 3.8) is 0 Å². The van der Waals surface area contributed by atoms with E-state index in [1.807, 2.05) is 12.3 Å². The van der Waals surface area contributed by atoms with Gasteiger partial charge in [-0.25, -0.2) is 0 Å². The summed E-state index contributed by atoms with van der Waals surface area (Å²) in [5, 5.41) is 8.40. The quantitative estimate of drug-likeness (QED) is 0.805. The van der Waals surface area contributed by atoms with E-state index in [2.05, 4.69) is 57.4 Å². The van der Waals surface area contributed by atoms with Crippen molar-refractivity contribution in [3.05, 3.63) is 72.2 Å². The van der Waals surface area contributed by atoms with Crippen molar-refractivity contribution < 1.29 is 0 Å². The Bertz CT molecular complexity index is 765. The Morgan fingerprint density at radius 2 is 2.04 bits per heavy atom. The third-order valence-corrected chi connectivity index (χ3v) is 4.40. The van der Waals surface area contributed by atoms with Gasteiger partial charge in [0.2, 0.25) is 0 Å². The zero-order chi connectivity index (χ0) is 15.5. The average molecular weight is 304 g/mol. The molecule has 2 aromatic heterocycles. The fourth-order valence-corrected chi connectivity index (χ4v) is 3.20. The van der Waals surface area contributed by atoms with Crippen LogP contribution in [-0.4, -0.2) is 21.3 Å². The Morgan fingerprint density at radius 3 is 2.87 bits per heavy atom. The molecule has 0 amide bonds. The molecule has 3 heterocycles. The van der Waals surface area contributed by atoms with Gasteiger partial charge >= 0.3 is 0 Å². The molecule has 0 unspecified atom stereocenters. The lowest BCUT2D eigenvalue weighted by atomic mass is 10.0. The van der Waals surface area contributed by atoms with Gasteiger partial charge in [0, 0.05) is 30.5 Å². The second kappa shape index (κ2) is 6.34. The third-order valence-electron chi connectivity index (χ3n) is 4.40. The first-order chi connectivity index (χ1) is 11.4. The second-order valence-corrected chi connectivity index (χ2v) is 5.95. The molecule has 3 aromatic rings. The number of fused-ring (bicyclic) bond motifs is 1. The predicted molar refractivity (Wildman–Crippen MR) is 91.0 cm³/mol. The smallest absolute Gasteiger partial charge is 0.0942 e. The molecule has 4 heteroatoms. The summed E-state index contributed by atoms with van der Waals surface area (Å²) in [5.41, 5.74) is 4.77. The van der Waals surface area contributed by atoms with Crippen LogP contribution in [0.5, 0.6) is 0 Å². The highest BCUT2D eigenvalue weighted by Crippen LogP contribution is 2.27. The lowest BCUT2D eigenvalue weighted by Crippen LogP contribution is -2.33. The summed E-state index contributed by atoms with van der Waals surface area (Å²) < 4.78 is 2.15. The molecule has 0 saturated heterocycles. The molecule has 0 bridgehead atoms. The first-order valence-electron chi connectivity index (χ1n) is 8.15. The van der Waals surface area contributed by atoms with Crippen molar-refractivity contribution in [3.8, 4) is 11.3 Å². The van der Waals surface area contributed by atoms with Crippen LogP contribution in [0.3, 0.4) is 0 Å². The van der Waals surface area contributed by atoms with Gasteiger partial charge in [0.25, 0.3) is 0 Å². The van der Waals surface area contributed by atoms with Crippen molar-refractivity contribution in [2.75, 3.05) is 6.54 Å². The minimum atomic E-state index is 0.363. The Kier molecular flexibility index (Phi) is 3.90. The predicted octanol–water partition coefficient (Wildman–Crippen LogP) is 3.22. The summed E-state index contributed by atoms with van der Waals surface area (Å²) in [7, 11) is 0. The molecule has 4 rings (SSSR count). The minimum absolute atomic E-state index is 0.363. The van der Waals surface area contributed by atoms with Crippen molar-refractivity contribution in [1.82, 2.24) is 20.1 Å². The first kappa shape index (κ1) is 14.2. The standard InChI is InChI=1S/C19H20N4/c1-2-5-15(6-3-1)8-9-17-19-13-18(16-7-4-10-20-14-16)22-23(19)12-11-21-17/h1-7,10,13-14,17,21H,8-9,11-12H2/t17-/m0/s1. The molecule has 0 aliphatic carbocycles. The van der Waals surface area contributed by atoms with Crippen LogP contribution in [0.2, 0.25) is 0 Å². The van der Waals surface area contributed by atoms with Gasteiger partial charge in [-0.2, -0.15) is 5.10 Å². The van der Waals surface area contributed by atoms with Crippen LogP contribution in [0, 0.1) is 0 Å². The van der Waals surface area contributed by atoms with E-state index in [-0.39, 0.29) is 0 Å². The van der Waals surface area contributed by atoms with E-state index in [9.17, 15) is 0 Å². The zero-order valence-electron chi connectivity index (χ0n) is 13.0. The third kappa shape index (κ3) is 3.03. The van der Waals surface area contributed by atoms with Crippen LogP contribution in [0.4, 0.5) is 0 Å². The molecular formula is C19H20N4. The summed E-state index contributed by atoms with van der Waals surface area (Å²) >= 11 is 0. The highest BCUT2D eigenvalue weighted by atomic mass is 15.3. The number of hydrogen-bond donors (Lipinski definition) is 1. The molecule has 1 aliphatic heterocycles. The highest BCUT2D eigenvalue weighted by molar-refractivity contribution is 5.58. The van der Waals surface area contributed by atoms with Crippen molar-refractivity contribution in [1.29, 1.82) is 0 Å². The lowest BCUT2D eigenvalue weighted by Gasteiger charge is -2.25. The van der Waals surface area contributed by atoms with Gasteiger partial charge in [0.05, 0.1) is 17.9 Å². The second-order valence-electron chi connectivity index (χ2n) is 5.95. The maximum Gasteiger partial charge on any atom is 0.0942 e. The molecule has 1 aliphatic rings. The van der Waals surface area contributed by atoms with Gasteiger partial charge in [0.15, 0.2) is 0 Å². The summed E-state index contributed by atoms with van der Waals surface area (Å²) in [5.74, 6) is 0. The van der Waals surface area contributed by atoms with Gasteiger partial charge in [0.1, 0.15) is 0 Å². The maximum absolute atomic E-state index is 4.76. The molecule has 23 heavy (non-hydrogen) atoms. The Balaban J connectivity index is 1.55. The van der Waals surface area contributed by atoms with Crippen molar-refractivity contribution >= 4 is 0 Å². The Morgan fingerprint density at radius 1 is 1.13 bits per heavy atom. The van der Waals surface area contributed by atoms with Crippen LogP contribution >= 0.6 is 0 Å². The maximum atomic E-state index is 4.76. The van der Waals surface area contributed by atoms with Crippen LogP contribution in [-0.2, 0) is 13.0 Å². The number of nitrogens with one attached hydrogen (secondary N) is 1. The van der Waals surface area contributed by atoms with E-state index >= 15 is 0 Å². The number of aromatic nitrogens is 3. The number of benzene rings is 1. The number of hydrogen-bond acceptors (Lipinski definition) is 3. The Hall–Kier alpha value is -2.46. The van der Waals surface area contributed by atoms with Crippen molar-refractivity contribution in [2.45, 2.75) is 25.4 Å². The van der Waals surface area contributed by atoms with Gasteiger partial charge in [-0.15, -0.1) is 0 Å². The number of aryl methyl sites for hydroxylation is 1. The topological polar surface area (TPSA) is 42.7 Å². The molecule has 4 nitrogen and oxygen atoms in total. The molecule has 0 radical (unpaired) electrons. The molecule has 0 spiro atoms. The van der Waals surface area contributed by atoms with Crippen LogP contribution in [0.15, 0.2) is 60.9 Å². The van der Waals surface area contributed by atoms with E-state index in [1.165, 1.54) is 11.3 Å². The normalized spacial score (nSPS) is 17.0. The Labute approximate surface area is 136 Å². The van der Waals surface area contributed by atoms with Crippen LogP contribution < -0.4 is 5.32 Å². The summed E-state index contributed by atoms with van der Waals surface area (Å²) in [6, 6.07) is 17.3. The van der Waals surface area contributed by atoms with Crippen LogP contribution in [0.25, 0.3) is 11.3 Å². The number of pyridine rings is 1. The van der Waals surface area contributed by atoms with Crippen LogP contribution in [0.1, 0.15) is 23.7 Å². The SMILES string of the molecule is c1ccc(CC[C@@H]2NCCn3nc(-c4cccnc4)cc32)cc1. The van der Waals surface area contributed by atoms with E-state index < -0.39 is 0 Å². The van der Waals surface area contributed by atoms with E-state index in [4.69, 9.17) is 5.10 Å². The van der Waals surface area contributed by atoms with E-state index in [0.29, 0.717) is 6.04 Å². The molecule has 0 fully saturated rings. The molecule has 1 atom stereocenters. The number of nitrogens with zero attached hydrogens (tertiary/aromatic N) is 3. The van der Waals surface area contributed by atoms with Gasteiger partial charge in [-0.1, -0.05) is 30.3 Å². The fraction of sp³-hybridized carbons (Fsp3) is 0.263. The summed E-state index contributed by atoms with van der Waals surface area (Å²) in [6.45, 7) is 1.90. The minimum Gasteiger partial charge on any atom is -0.307 e. The zero-order valence-corrected chi connectivity index (χ0v) is 13.0. The molecule has 0 saturated carbocycles. The lowest BCUT2D eigenvalue weighted by molar-refractivity contribution is 0.385. The van der Waals surface area contributed by atoms with Crippen molar-refractivity contribution in [2.24, 2.45) is 0 Å². The van der Waals surface area contributed by atoms with Gasteiger partial charge in [-0.3, -0.25) is 9.67 Å². The molecular weight excluding hydrogens is 284 g/mol. The van der Waals surface area contributed by atoms with E-state index in [0.717, 1.165) is 37.2 Å². The highest BCUT2D eigenvalue weighted by Gasteiger charge is 2.22. The van der Waals surface area contributed by atoms with Gasteiger partial charge in [-0.05, 0) is 36.6 Å². The monoisotopic (exact) mass is 304 g/mol. The average Bonchev–Trinajstić information content (AvgIpc) is 3.06. The molecule has 1 aromatic carbocycles. The fourth-order valence-electron chi connectivity index (χ4n) is 3.20. The molecule has 116 valence electrons. The summed E-state index contributed by atoms with van der Waals surface area (Å²) in [4.78, 5) is 4.20. The van der Waals surface area contributed by atoms with Gasteiger partial charge < -0.3 is 5.32 Å². The largest absolute Gasteiger partial charge is 0.307 e. The molecule has 1 N–H and O–H groups in total. The number of rotatable bonds is 4. The summed E-state index contributed by atoms with van der Waals surface area (Å²) in [6.07, 6.45) is 5.83.